The summed E-state index contributed by atoms with van der Waals surface area (Å²) >= 11 is 0. The lowest BCUT2D eigenvalue weighted by Gasteiger charge is -2.30. The van der Waals surface area contributed by atoms with Crippen molar-refractivity contribution in [3.63, 3.8) is 0 Å². The van der Waals surface area contributed by atoms with E-state index >= 15 is 0 Å². The summed E-state index contributed by atoms with van der Waals surface area (Å²) in [5.41, 5.74) is 5.07. The number of carbonyl (C=O) groups excluding carboxylic acids is 2. The van der Waals surface area contributed by atoms with E-state index < -0.39 is 5.41 Å². The third-order valence-corrected chi connectivity index (χ3v) is 6.96. The van der Waals surface area contributed by atoms with E-state index in [0.29, 0.717) is 43.2 Å². The molecule has 2 amide bonds. The number of fused-ring (bicyclic) bond motifs is 2. The zero-order chi connectivity index (χ0) is 28.1. The van der Waals surface area contributed by atoms with E-state index in [1.165, 1.54) is 0 Å². The van der Waals surface area contributed by atoms with E-state index in [0.717, 1.165) is 33.3 Å². The number of nitriles is 1. The summed E-state index contributed by atoms with van der Waals surface area (Å²) < 4.78 is 10.5. The summed E-state index contributed by atoms with van der Waals surface area (Å²) in [6.45, 7) is 3.68. The Morgan fingerprint density at radius 3 is 2.60 bits per heavy atom. The number of amides is 2. The molecule has 0 saturated heterocycles. The standard InChI is InChI=1S/C31H29N5O4/c1-31(18-32)19-40-17-24-8-7-22(13-26(24)31)30(38)35-16-25-14-28-23(15-34-25)9-10-27(36-28)20-3-5-21(6-4-20)29(37)33-11-12-39-2/h3-10,13-15H,11-12,16-17,19H2,1-2H3,(H,33,37)(H,35,38)/t31-/m1/s1. The van der Waals surface area contributed by atoms with E-state index in [-0.39, 0.29) is 18.4 Å². The molecule has 0 aliphatic carbocycles. The Kier molecular flexibility index (Phi) is 7.82. The molecule has 9 nitrogen and oxygen atoms in total. The number of nitrogens with one attached hydrogen (secondary N) is 2. The van der Waals surface area contributed by atoms with Crippen molar-refractivity contribution in [2.75, 3.05) is 26.9 Å². The molecule has 202 valence electrons. The van der Waals surface area contributed by atoms with Gasteiger partial charge in [-0.1, -0.05) is 18.2 Å². The molecular formula is C31H29N5O4. The summed E-state index contributed by atoms with van der Waals surface area (Å²) in [6.07, 6.45) is 1.73. The second-order valence-electron chi connectivity index (χ2n) is 9.88. The first kappa shape index (κ1) is 26.9. The molecule has 40 heavy (non-hydrogen) atoms. The summed E-state index contributed by atoms with van der Waals surface area (Å²) in [5.74, 6) is -0.402. The predicted molar refractivity (Wildman–Crippen MR) is 149 cm³/mol. The Labute approximate surface area is 232 Å². The lowest BCUT2D eigenvalue weighted by molar-refractivity contribution is 0.0757. The number of pyridine rings is 2. The molecule has 0 fully saturated rings. The molecule has 0 saturated carbocycles. The molecule has 3 heterocycles. The van der Waals surface area contributed by atoms with E-state index in [1.807, 2.05) is 43.3 Å². The molecule has 4 aromatic rings. The Morgan fingerprint density at radius 1 is 1.05 bits per heavy atom. The number of methoxy groups -OCH3 is 1. The molecule has 2 N–H and O–H groups in total. The quantitative estimate of drug-likeness (QED) is 0.328. The normalized spacial score (nSPS) is 16.1. The van der Waals surface area contributed by atoms with Gasteiger partial charge in [0.25, 0.3) is 11.8 Å². The molecule has 0 spiro atoms. The van der Waals surface area contributed by atoms with Crippen LogP contribution in [0.4, 0.5) is 0 Å². The maximum Gasteiger partial charge on any atom is 0.251 e. The van der Waals surface area contributed by atoms with Crippen molar-refractivity contribution in [3.8, 4) is 17.3 Å². The minimum absolute atomic E-state index is 0.156. The highest BCUT2D eigenvalue weighted by Gasteiger charge is 2.33. The largest absolute Gasteiger partial charge is 0.383 e. The number of nitrogens with zero attached hydrogens (tertiary/aromatic N) is 3. The van der Waals surface area contributed by atoms with Crippen molar-refractivity contribution in [3.05, 3.63) is 94.8 Å². The highest BCUT2D eigenvalue weighted by Crippen LogP contribution is 2.32. The molecule has 1 atom stereocenters. The Bertz CT molecular complexity index is 1610. The van der Waals surface area contributed by atoms with Crippen LogP contribution < -0.4 is 10.6 Å². The predicted octanol–water partition coefficient (Wildman–Crippen LogP) is 3.91. The SMILES string of the molecule is COCCNC(=O)c1ccc(-c2ccc3cnc(CNC(=O)c4ccc5c(c4)[C@](C)(C#N)COC5)cc3n2)cc1. The monoisotopic (exact) mass is 535 g/mol. The summed E-state index contributed by atoms with van der Waals surface area (Å²) in [5, 5.41) is 16.3. The van der Waals surface area contributed by atoms with Gasteiger partial charge in [-0.25, -0.2) is 4.98 Å². The van der Waals surface area contributed by atoms with Crippen LogP contribution in [0, 0.1) is 11.3 Å². The van der Waals surface area contributed by atoms with Crippen LogP contribution in [0.5, 0.6) is 0 Å². The molecule has 9 heteroatoms. The zero-order valence-corrected chi connectivity index (χ0v) is 22.4. The van der Waals surface area contributed by atoms with E-state index in [1.54, 1.807) is 37.6 Å². The maximum absolute atomic E-state index is 13.0. The lowest BCUT2D eigenvalue weighted by atomic mass is 9.79. The average Bonchev–Trinajstić information content (AvgIpc) is 2.99. The summed E-state index contributed by atoms with van der Waals surface area (Å²) in [6, 6.07) is 20.7. The van der Waals surface area contributed by atoms with Crippen LogP contribution in [0.3, 0.4) is 0 Å². The molecule has 1 aliphatic rings. The average molecular weight is 536 g/mol. The molecule has 2 aromatic heterocycles. The van der Waals surface area contributed by atoms with Gasteiger partial charge in [-0.15, -0.1) is 0 Å². The number of aromatic nitrogens is 2. The van der Waals surface area contributed by atoms with Gasteiger partial charge in [0, 0.05) is 41.9 Å². The van der Waals surface area contributed by atoms with E-state index in [4.69, 9.17) is 14.5 Å². The van der Waals surface area contributed by atoms with Gasteiger partial charge in [0.1, 0.15) is 5.41 Å². The molecular weight excluding hydrogens is 506 g/mol. The fourth-order valence-corrected chi connectivity index (χ4v) is 4.64. The third kappa shape index (κ3) is 5.69. The van der Waals surface area contributed by atoms with Gasteiger partial charge in [0.05, 0.1) is 49.3 Å². The number of hydrogen-bond acceptors (Lipinski definition) is 7. The zero-order valence-electron chi connectivity index (χ0n) is 22.4. The second-order valence-corrected chi connectivity index (χ2v) is 9.88. The van der Waals surface area contributed by atoms with Crippen LogP contribution in [-0.4, -0.2) is 48.7 Å². The Hall–Kier alpha value is -4.65. The number of benzene rings is 2. The third-order valence-electron chi connectivity index (χ3n) is 6.96. The minimum Gasteiger partial charge on any atom is -0.383 e. The van der Waals surface area contributed by atoms with Crippen molar-refractivity contribution in [1.82, 2.24) is 20.6 Å². The topological polar surface area (TPSA) is 126 Å². The molecule has 0 radical (unpaired) electrons. The second kappa shape index (κ2) is 11.6. The van der Waals surface area contributed by atoms with Crippen LogP contribution >= 0.6 is 0 Å². The molecule has 5 rings (SSSR count). The van der Waals surface area contributed by atoms with Gasteiger partial charge in [-0.2, -0.15) is 5.26 Å². The highest BCUT2D eigenvalue weighted by molar-refractivity contribution is 5.95. The Morgan fingerprint density at radius 2 is 1.82 bits per heavy atom. The smallest absolute Gasteiger partial charge is 0.251 e. The van der Waals surface area contributed by atoms with Crippen LogP contribution in [0.15, 0.2) is 66.9 Å². The van der Waals surface area contributed by atoms with E-state index in [9.17, 15) is 14.9 Å². The molecule has 2 aromatic carbocycles. The van der Waals surface area contributed by atoms with E-state index in [2.05, 4.69) is 21.7 Å². The van der Waals surface area contributed by atoms with Crippen LogP contribution in [0.25, 0.3) is 22.2 Å². The van der Waals surface area contributed by atoms with Crippen molar-refractivity contribution in [2.45, 2.75) is 25.5 Å². The van der Waals surface area contributed by atoms with Gasteiger partial charge in [0.15, 0.2) is 0 Å². The lowest BCUT2D eigenvalue weighted by Crippen LogP contribution is -2.33. The Balaban J connectivity index is 1.28. The van der Waals surface area contributed by atoms with Crippen LogP contribution in [-0.2, 0) is 28.0 Å². The number of rotatable bonds is 8. The number of carbonyl (C=O) groups is 2. The van der Waals surface area contributed by atoms with Crippen LogP contribution in [0.2, 0.25) is 0 Å². The summed E-state index contributed by atoms with van der Waals surface area (Å²) in [7, 11) is 1.59. The fourth-order valence-electron chi connectivity index (χ4n) is 4.64. The molecule has 0 bridgehead atoms. The highest BCUT2D eigenvalue weighted by atomic mass is 16.5. The van der Waals surface area contributed by atoms with Gasteiger partial charge < -0.3 is 20.1 Å². The number of hydrogen-bond donors (Lipinski definition) is 2. The van der Waals surface area contributed by atoms with Crippen molar-refractivity contribution in [1.29, 1.82) is 5.26 Å². The number of ether oxygens (including phenoxy) is 2. The maximum atomic E-state index is 13.0. The first-order valence-corrected chi connectivity index (χ1v) is 12.9. The van der Waals surface area contributed by atoms with Gasteiger partial charge >= 0.3 is 0 Å². The molecule has 1 aliphatic heterocycles. The van der Waals surface area contributed by atoms with Crippen molar-refractivity contribution in [2.24, 2.45) is 0 Å². The fraction of sp³-hybridized carbons (Fsp3) is 0.258. The van der Waals surface area contributed by atoms with Gasteiger partial charge in [-0.05, 0) is 60.5 Å². The van der Waals surface area contributed by atoms with Crippen molar-refractivity contribution >= 4 is 22.7 Å². The minimum atomic E-state index is -0.788. The van der Waals surface area contributed by atoms with Gasteiger partial charge in [-0.3, -0.25) is 14.6 Å². The first-order valence-electron chi connectivity index (χ1n) is 12.9. The van der Waals surface area contributed by atoms with Crippen molar-refractivity contribution < 1.29 is 19.1 Å². The van der Waals surface area contributed by atoms with Gasteiger partial charge in [0.2, 0.25) is 0 Å². The summed E-state index contributed by atoms with van der Waals surface area (Å²) in [4.78, 5) is 34.5. The first-order chi connectivity index (χ1) is 19.4. The van der Waals surface area contributed by atoms with Crippen LogP contribution in [0.1, 0.15) is 44.5 Å². The molecule has 0 unspecified atom stereocenters.